The van der Waals surface area contributed by atoms with Crippen LogP contribution in [0.2, 0.25) is 0 Å². The van der Waals surface area contributed by atoms with Gasteiger partial charge in [0.1, 0.15) is 0 Å². The molecule has 5 nitrogen and oxygen atoms in total. The molecule has 0 bridgehead atoms. The van der Waals surface area contributed by atoms with E-state index in [1.807, 2.05) is 6.92 Å². The van der Waals surface area contributed by atoms with Crippen LogP contribution in [0.1, 0.15) is 12.6 Å². The van der Waals surface area contributed by atoms with E-state index in [9.17, 15) is 4.39 Å². The predicted octanol–water partition coefficient (Wildman–Crippen LogP) is 2.63. The predicted molar refractivity (Wildman–Crippen MR) is 65.4 cm³/mol. The first-order valence-electron chi connectivity index (χ1n) is 5.52. The van der Waals surface area contributed by atoms with Crippen LogP contribution in [0.25, 0.3) is 0 Å². The summed E-state index contributed by atoms with van der Waals surface area (Å²) in [6.45, 7) is 3.98. The number of nitrogens with zero attached hydrogens (tertiary/aromatic N) is 1. The smallest absolute Gasteiger partial charge is 0.238 e. The van der Waals surface area contributed by atoms with Crippen molar-refractivity contribution in [2.45, 2.75) is 13.8 Å². The molecule has 1 aromatic carbocycles. The fourth-order valence-corrected chi connectivity index (χ4v) is 1.46. The van der Waals surface area contributed by atoms with Gasteiger partial charge in [-0.1, -0.05) is 0 Å². The van der Waals surface area contributed by atoms with Crippen LogP contribution in [0.5, 0.6) is 17.4 Å². The van der Waals surface area contributed by atoms with Gasteiger partial charge < -0.3 is 15.2 Å². The number of aromatic amines is 1. The van der Waals surface area contributed by atoms with Gasteiger partial charge in [0.2, 0.25) is 5.88 Å². The average Bonchev–Trinajstić information content (AvgIpc) is 2.71. The summed E-state index contributed by atoms with van der Waals surface area (Å²) in [5.41, 5.74) is 6.73. The minimum absolute atomic E-state index is 0.106. The number of rotatable bonds is 4. The molecular weight excluding hydrogens is 237 g/mol. The number of benzene rings is 1. The molecule has 96 valence electrons. The Kier molecular flexibility index (Phi) is 3.36. The fraction of sp³-hybridized carbons (Fsp3) is 0.250. The molecule has 0 atom stereocenters. The maximum atomic E-state index is 13.5. The Morgan fingerprint density at radius 1 is 1.33 bits per heavy atom. The molecule has 0 unspecified atom stereocenters. The molecule has 0 saturated heterocycles. The highest BCUT2D eigenvalue weighted by Crippen LogP contribution is 2.32. The van der Waals surface area contributed by atoms with Gasteiger partial charge in [0.05, 0.1) is 12.3 Å². The van der Waals surface area contributed by atoms with Crippen LogP contribution in [0.15, 0.2) is 18.2 Å². The topological polar surface area (TPSA) is 73.2 Å². The van der Waals surface area contributed by atoms with Gasteiger partial charge >= 0.3 is 0 Å². The van der Waals surface area contributed by atoms with Gasteiger partial charge in [0.25, 0.3) is 0 Å². The highest BCUT2D eigenvalue weighted by atomic mass is 19.1. The van der Waals surface area contributed by atoms with Crippen LogP contribution in [0.3, 0.4) is 0 Å². The van der Waals surface area contributed by atoms with Crippen LogP contribution in [-0.4, -0.2) is 16.8 Å². The number of hydrogen-bond acceptors (Lipinski definition) is 4. The summed E-state index contributed by atoms with van der Waals surface area (Å²) in [7, 11) is 0. The van der Waals surface area contributed by atoms with Crippen molar-refractivity contribution in [2.24, 2.45) is 0 Å². The van der Waals surface area contributed by atoms with E-state index in [1.54, 1.807) is 13.0 Å². The second-order valence-electron chi connectivity index (χ2n) is 3.74. The SMILES string of the molecule is CCOc1cc(Oc2cc(C)[nH]n2)c(N)cc1F. The monoisotopic (exact) mass is 251 g/mol. The van der Waals surface area contributed by atoms with Crippen molar-refractivity contribution in [3.05, 3.63) is 29.7 Å². The molecule has 0 aliphatic rings. The van der Waals surface area contributed by atoms with Gasteiger partial charge in [0.15, 0.2) is 17.3 Å². The van der Waals surface area contributed by atoms with E-state index in [4.69, 9.17) is 15.2 Å². The summed E-state index contributed by atoms with van der Waals surface area (Å²) in [6.07, 6.45) is 0. The van der Waals surface area contributed by atoms with E-state index in [-0.39, 0.29) is 11.4 Å². The van der Waals surface area contributed by atoms with Crippen molar-refractivity contribution in [3.63, 3.8) is 0 Å². The lowest BCUT2D eigenvalue weighted by molar-refractivity contribution is 0.319. The molecule has 6 heteroatoms. The zero-order valence-corrected chi connectivity index (χ0v) is 10.2. The van der Waals surface area contributed by atoms with Crippen molar-refractivity contribution in [2.75, 3.05) is 12.3 Å². The van der Waals surface area contributed by atoms with Gasteiger partial charge in [-0.2, -0.15) is 0 Å². The van der Waals surface area contributed by atoms with Crippen molar-refractivity contribution >= 4 is 5.69 Å². The Morgan fingerprint density at radius 3 is 2.72 bits per heavy atom. The third-order valence-electron chi connectivity index (χ3n) is 2.26. The summed E-state index contributed by atoms with van der Waals surface area (Å²) in [5.74, 6) is 0.272. The van der Waals surface area contributed by atoms with E-state index in [0.29, 0.717) is 18.2 Å². The minimum Gasteiger partial charge on any atom is -0.491 e. The lowest BCUT2D eigenvalue weighted by atomic mass is 10.2. The number of anilines is 1. The minimum atomic E-state index is -0.514. The van der Waals surface area contributed by atoms with E-state index in [0.717, 1.165) is 5.69 Å². The molecular formula is C12H14FN3O2. The van der Waals surface area contributed by atoms with Gasteiger partial charge in [-0.3, -0.25) is 5.10 Å². The Balaban J connectivity index is 2.29. The van der Waals surface area contributed by atoms with Crippen LogP contribution in [0.4, 0.5) is 10.1 Å². The summed E-state index contributed by atoms with van der Waals surface area (Å²) < 4.78 is 24.1. The normalized spacial score (nSPS) is 10.4. The van der Waals surface area contributed by atoms with Gasteiger partial charge in [-0.05, 0) is 13.8 Å². The van der Waals surface area contributed by atoms with E-state index in [1.165, 1.54) is 12.1 Å². The first kappa shape index (κ1) is 12.2. The van der Waals surface area contributed by atoms with Crippen LogP contribution >= 0.6 is 0 Å². The molecule has 3 N–H and O–H groups in total. The lowest BCUT2D eigenvalue weighted by Crippen LogP contribution is -1.99. The second-order valence-corrected chi connectivity index (χ2v) is 3.74. The standard InChI is InChI=1S/C12H14FN3O2/c1-3-17-10-6-11(9(14)5-8(10)13)18-12-4-7(2)15-16-12/h4-6H,3,14H2,1-2H3,(H,15,16). The molecule has 0 spiro atoms. The number of nitrogen functional groups attached to an aromatic ring is 1. The Bertz CT molecular complexity index is 554. The maximum Gasteiger partial charge on any atom is 0.238 e. The van der Waals surface area contributed by atoms with E-state index in [2.05, 4.69) is 10.2 Å². The highest BCUT2D eigenvalue weighted by molar-refractivity contribution is 5.57. The quantitative estimate of drug-likeness (QED) is 0.819. The van der Waals surface area contributed by atoms with Crippen molar-refractivity contribution in [3.8, 4) is 17.4 Å². The molecule has 0 aliphatic carbocycles. The summed E-state index contributed by atoms with van der Waals surface area (Å²) in [6, 6.07) is 4.29. The van der Waals surface area contributed by atoms with E-state index < -0.39 is 5.82 Å². The van der Waals surface area contributed by atoms with Gasteiger partial charge in [-0.25, -0.2) is 4.39 Å². The van der Waals surface area contributed by atoms with Gasteiger partial charge in [-0.15, -0.1) is 5.10 Å². The number of nitrogens with one attached hydrogen (secondary N) is 1. The highest BCUT2D eigenvalue weighted by Gasteiger charge is 2.11. The molecule has 1 aromatic heterocycles. The molecule has 18 heavy (non-hydrogen) atoms. The summed E-state index contributed by atoms with van der Waals surface area (Å²) >= 11 is 0. The molecule has 0 amide bonds. The zero-order chi connectivity index (χ0) is 13.1. The molecule has 0 saturated carbocycles. The van der Waals surface area contributed by atoms with Crippen molar-refractivity contribution in [1.29, 1.82) is 0 Å². The van der Waals surface area contributed by atoms with Crippen molar-refractivity contribution < 1.29 is 13.9 Å². The summed E-state index contributed by atoms with van der Waals surface area (Å²) in [4.78, 5) is 0. The van der Waals surface area contributed by atoms with Crippen molar-refractivity contribution in [1.82, 2.24) is 10.2 Å². The zero-order valence-electron chi connectivity index (χ0n) is 10.2. The number of ether oxygens (including phenoxy) is 2. The fourth-order valence-electron chi connectivity index (χ4n) is 1.46. The second kappa shape index (κ2) is 4.95. The number of aromatic nitrogens is 2. The van der Waals surface area contributed by atoms with Gasteiger partial charge in [0, 0.05) is 23.9 Å². The molecule has 0 aliphatic heterocycles. The van der Waals surface area contributed by atoms with Crippen LogP contribution < -0.4 is 15.2 Å². The number of aryl methyl sites for hydroxylation is 1. The number of H-pyrrole nitrogens is 1. The Hall–Kier alpha value is -2.24. The average molecular weight is 251 g/mol. The van der Waals surface area contributed by atoms with Crippen LogP contribution in [-0.2, 0) is 0 Å². The first-order valence-corrected chi connectivity index (χ1v) is 5.52. The lowest BCUT2D eigenvalue weighted by Gasteiger charge is -2.10. The molecule has 2 aromatic rings. The maximum absolute atomic E-state index is 13.5. The van der Waals surface area contributed by atoms with Crippen LogP contribution in [0, 0.1) is 12.7 Å². The van der Waals surface area contributed by atoms with E-state index >= 15 is 0 Å². The molecule has 1 heterocycles. The first-order chi connectivity index (χ1) is 8.60. The number of hydrogen-bond donors (Lipinski definition) is 2. The third kappa shape index (κ3) is 2.53. The molecule has 0 fully saturated rings. The number of nitrogens with two attached hydrogens (primary N) is 1. The molecule has 0 radical (unpaired) electrons. The largest absolute Gasteiger partial charge is 0.491 e. The Morgan fingerprint density at radius 2 is 2.11 bits per heavy atom. The molecule has 2 rings (SSSR count). The number of halogens is 1. The third-order valence-corrected chi connectivity index (χ3v) is 2.26. The Labute approximate surface area is 104 Å². The summed E-state index contributed by atoms with van der Waals surface area (Å²) in [5, 5.41) is 6.65.